The monoisotopic (exact) mass is 140 g/mol. The molecular formula is C8H14NO. The van der Waals surface area contributed by atoms with E-state index in [4.69, 9.17) is 4.74 Å². The summed E-state index contributed by atoms with van der Waals surface area (Å²) in [4.78, 5) is 0. The van der Waals surface area contributed by atoms with E-state index in [9.17, 15) is 0 Å². The van der Waals surface area contributed by atoms with Gasteiger partial charge in [-0.15, -0.1) is 6.58 Å². The number of hydrogen-bond donors (Lipinski definition) is 0. The summed E-state index contributed by atoms with van der Waals surface area (Å²) in [5.41, 5.74) is 0. The Balaban J connectivity index is 2.07. The summed E-state index contributed by atoms with van der Waals surface area (Å²) in [7, 11) is 0. The Morgan fingerprint density at radius 2 is 2.20 bits per heavy atom. The van der Waals surface area contributed by atoms with Crippen molar-refractivity contribution in [2.75, 3.05) is 19.7 Å². The number of hydrogen-bond acceptors (Lipinski definition) is 1. The fraction of sp³-hybridized carbons (Fsp3) is 0.750. The van der Waals surface area contributed by atoms with Gasteiger partial charge in [0, 0.05) is 13.1 Å². The summed E-state index contributed by atoms with van der Waals surface area (Å²) < 4.78 is 5.45. The predicted molar refractivity (Wildman–Crippen MR) is 41.0 cm³/mol. The van der Waals surface area contributed by atoms with Gasteiger partial charge in [0.2, 0.25) is 0 Å². The maximum absolute atomic E-state index is 5.45. The third kappa shape index (κ3) is 2.50. The van der Waals surface area contributed by atoms with Gasteiger partial charge in [0.25, 0.3) is 0 Å². The molecule has 1 aliphatic heterocycles. The second kappa shape index (κ2) is 4.47. The Morgan fingerprint density at radius 3 is 2.80 bits per heavy atom. The molecule has 0 aromatic heterocycles. The normalized spacial score (nSPS) is 20.8. The van der Waals surface area contributed by atoms with Crippen LogP contribution in [0.1, 0.15) is 12.8 Å². The maximum atomic E-state index is 5.45. The zero-order valence-electron chi connectivity index (χ0n) is 6.25. The molecule has 1 rings (SSSR count). The van der Waals surface area contributed by atoms with Gasteiger partial charge in [0.05, 0.1) is 12.7 Å². The van der Waals surface area contributed by atoms with Crippen molar-refractivity contribution in [3.05, 3.63) is 12.7 Å². The number of nitrogens with zero attached hydrogens (tertiary/aromatic N) is 1. The lowest BCUT2D eigenvalue weighted by Gasteiger charge is -2.20. The van der Waals surface area contributed by atoms with Crippen molar-refractivity contribution in [2.24, 2.45) is 0 Å². The van der Waals surface area contributed by atoms with Gasteiger partial charge in [-0.2, -0.15) is 0 Å². The van der Waals surface area contributed by atoms with Gasteiger partial charge in [-0.25, -0.2) is 5.32 Å². The van der Waals surface area contributed by atoms with E-state index in [1.165, 1.54) is 0 Å². The first-order valence-corrected chi connectivity index (χ1v) is 3.79. The van der Waals surface area contributed by atoms with E-state index in [0.717, 1.165) is 25.9 Å². The quantitative estimate of drug-likeness (QED) is 0.535. The van der Waals surface area contributed by atoms with Crippen LogP contribution in [-0.2, 0) is 4.74 Å². The third-order valence-electron chi connectivity index (χ3n) is 1.67. The molecule has 0 saturated carbocycles. The molecule has 0 aliphatic carbocycles. The molecule has 0 aromatic rings. The number of ether oxygens (including phenoxy) is 1. The van der Waals surface area contributed by atoms with E-state index >= 15 is 0 Å². The minimum atomic E-state index is 0.440. The SMILES string of the molecule is C=CCOC1CC[N]CC1. The van der Waals surface area contributed by atoms with E-state index in [1.54, 1.807) is 6.08 Å². The summed E-state index contributed by atoms with van der Waals surface area (Å²) in [6.45, 7) is 6.23. The Hall–Kier alpha value is -0.340. The molecule has 0 N–H and O–H groups in total. The Labute approximate surface area is 62.3 Å². The molecule has 1 radical (unpaired) electrons. The summed E-state index contributed by atoms with van der Waals surface area (Å²) in [6.07, 6.45) is 4.42. The van der Waals surface area contributed by atoms with Crippen LogP contribution in [0.15, 0.2) is 12.7 Å². The fourth-order valence-electron chi connectivity index (χ4n) is 1.10. The molecule has 0 bridgehead atoms. The predicted octanol–water partition coefficient (Wildman–Crippen LogP) is 0.956. The zero-order chi connectivity index (χ0) is 7.23. The molecule has 2 heteroatoms. The first kappa shape index (κ1) is 7.76. The maximum Gasteiger partial charge on any atom is 0.0648 e. The molecule has 0 spiro atoms. The van der Waals surface area contributed by atoms with E-state index in [-0.39, 0.29) is 0 Å². The van der Waals surface area contributed by atoms with Crippen molar-refractivity contribution < 1.29 is 4.74 Å². The minimum Gasteiger partial charge on any atom is -0.374 e. The van der Waals surface area contributed by atoms with Crippen molar-refractivity contribution in [3.63, 3.8) is 0 Å². The van der Waals surface area contributed by atoms with Crippen LogP contribution in [0.3, 0.4) is 0 Å². The van der Waals surface area contributed by atoms with Crippen molar-refractivity contribution in [2.45, 2.75) is 18.9 Å². The largest absolute Gasteiger partial charge is 0.374 e. The highest BCUT2D eigenvalue weighted by Crippen LogP contribution is 2.07. The first-order valence-electron chi connectivity index (χ1n) is 3.79. The molecule has 1 heterocycles. The second-order valence-electron chi connectivity index (χ2n) is 2.49. The lowest BCUT2D eigenvalue weighted by Crippen LogP contribution is -2.28. The highest BCUT2D eigenvalue weighted by molar-refractivity contribution is 4.71. The average Bonchev–Trinajstić information content (AvgIpc) is 2.03. The molecule has 2 nitrogen and oxygen atoms in total. The number of rotatable bonds is 3. The van der Waals surface area contributed by atoms with Gasteiger partial charge >= 0.3 is 0 Å². The Bertz CT molecular complexity index is 97.4. The molecular weight excluding hydrogens is 126 g/mol. The van der Waals surface area contributed by atoms with Crippen LogP contribution in [0.5, 0.6) is 0 Å². The van der Waals surface area contributed by atoms with Crippen LogP contribution in [0.25, 0.3) is 0 Å². The van der Waals surface area contributed by atoms with Gasteiger partial charge < -0.3 is 4.74 Å². The van der Waals surface area contributed by atoms with Crippen molar-refractivity contribution >= 4 is 0 Å². The number of piperidine rings is 1. The molecule has 1 aliphatic rings. The third-order valence-corrected chi connectivity index (χ3v) is 1.67. The topological polar surface area (TPSA) is 23.3 Å². The van der Waals surface area contributed by atoms with Crippen molar-refractivity contribution in [3.8, 4) is 0 Å². The van der Waals surface area contributed by atoms with E-state index < -0.39 is 0 Å². The van der Waals surface area contributed by atoms with Gasteiger partial charge in [-0.05, 0) is 12.8 Å². The molecule has 1 saturated heterocycles. The van der Waals surface area contributed by atoms with Gasteiger partial charge in [-0.1, -0.05) is 6.08 Å². The molecule has 0 unspecified atom stereocenters. The summed E-state index contributed by atoms with van der Waals surface area (Å²) in [5.74, 6) is 0. The molecule has 57 valence electrons. The highest BCUT2D eigenvalue weighted by Gasteiger charge is 2.12. The lowest BCUT2D eigenvalue weighted by atomic mass is 10.1. The van der Waals surface area contributed by atoms with Crippen LogP contribution >= 0.6 is 0 Å². The standard InChI is InChI=1S/C8H14NO/c1-2-7-10-8-3-5-9-6-4-8/h2,8H,1,3-7H2. The minimum absolute atomic E-state index is 0.440. The molecule has 1 fully saturated rings. The van der Waals surface area contributed by atoms with E-state index in [1.807, 2.05) is 0 Å². The van der Waals surface area contributed by atoms with Crippen LogP contribution in [0.4, 0.5) is 0 Å². The Kier molecular flexibility index (Phi) is 3.47. The van der Waals surface area contributed by atoms with Crippen LogP contribution < -0.4 is 5.32 Å². The second-order valence-corrected chi connectivity index (χ2v) is 2.49. The van der Waals surface area contributed by atoms with E-state index in [0.29, 0.717) is 12.7 Å². The Morgan fingerprint density at radius 1 is 1.50 bits per heavy atom. The fourth-order valence-corrected chi connectivity index (χ4v) is 1.10. The van der Waals surface area contributed by atoms with Crippen LogP contribution in [0, 0.1) is 0 Å². The van der Waals surface area contributed by atoms with Crippen molar-refractivity contribution in [1.82, 2.24) is 5.32 Å². The zero-order valence-corrected chi connectivity index (χ0v) is 6.25. The first-order chi connectivity index (χ1) is 4.93. The van der Waals surface area contributed by atoms with Crippen LogP contribution in [0.2, 0.25) is 0 Å². The van der Waals surface area contributed by atoms with Gasteiger partial charge in [0.1, 0.15) is 0 Å². The molecule has 0 aromatic carbocycles. The van der Waals surface area contributed by atoms with Gasteiger partial charge in [-0.3, -0.25) is 0 Å². The average molecular weight is 140 g/mol. The molecule has 0 amide bonds. The highest BCUT2D eigenvalue weighted by atomic mass is 16.5. The summed E-state index contributed by atoms with van der Waals surface area (Å²) in [6, 6.07) is 0. The smallest absolute Gasteiger partial charge is 0.0648 e. The summed E-state index contributed by atoms with van der Waals surface area (Å²) >= 11 is 0. The lowest BCUT2D eigenvalue weighted by molar-refractivity contribution is 0.0510. The van der Waals surface area contributed by atoms with E-state index in [2.05, 4.69) is 11.9 Å². The van der Waals surface area contributed by atoms with Crippen molar-refractivity contribution in [1.29, 1.82) is 0 Å². The summed E-state index contributed by atoms with van der Waals surface area (Å²) in [5, 5.41) is 4.23. The van der Waals surface area contributed by atoms with Gasteiger partial charge in [0.15, 0.2) is 0 Å². The molecule has 10 heavy (non-hydrogen) atoms. The molecule has 0 atom stereocenters. The van der Waals surface area contributed by atoms with Crippen LogP contribution in [-0.4, -0.2) is 25.8 Å².